The van der Waals surface area contributed by atoms with Crippen LogP contribution >= 0.6 is 0 Å². The summed E-state index contributed by atoms with van der Waals surface area (Å²) in [5, 5.41) is 27.6. The minimum Gasteiger partial charge on any atom is -0.480 e. The first kappa shape index (κ1) is 25.8. The number of hydrogen-bond acceptors (Lipinski definition) is 9. The summed E-state index contributed by atoms with van der Waals surface area (Å²) in [6, 6.07) is -0.122. The van der Waals surface area contributed by atoms with E-state index in [-0.39, 0.29) is 32.4 Å². The SMILES string of the molecule is CCC1CN(CC(=O)O)CCN(CC(=O)O)CCN(CC(=O)O)CCN1COC=O. The summed E-state index contributed by atoms with van der Waals surface area (Å²) in [6.45, 7) is 4.27. The van der Waals surface area contributed by atoms with Gasteiger partial charge in [0.2, 0.25) is 0 Å². The van der Waals surface area contributed by atoms with Gasteiger partial charge in [-0.25, -0.2) is 0 Å². The number of nitrogens with zero attached hydrogens (tertiary/aromatic N) is 4. The Hall–Kier alpha value is -2.28. The van der Waals surface area contributed by atoms with E-state index in [1.54, 1.807) is 14.7 Å². The summed E-state index contributed by atoms with van der Waals surface area (Å²) in [4.78, 5) is 51.4. The van der Waals surface area contributed by atoms with Gasteiger partial charge in [-0.1, -0.05) is 6.92 Å². The van der Waals surface area contributed by atoms with E-state index >= 15 is 0 Å². The summed E-state index contributed by atoms with van der Waals surface area (Å²) in [5.41, 5.74) is 0. The van der Waals surface area contributed by atoms with E-state index in [1.165, 1.54) is 0 Å². The van der Waals surface area contributed by atoms with Gasteiger partial charge in [0.25, 0.3) is 6.47 Å². The maximum absolute atomic E-state index is 11.3. The smallest absolute Gasteiger partial charge is 0.317 e. The number of hydrogen-bond donors (Lipinski definition) is 3. The van der Waals surface area contributed by atoms with Crippen molar-refractivity contribution in [2.45, 2.75) is 19.4 Å². The van der Waals surface area contributed by atoms with Crippen molar-refractivity contribution in [1.29, 1.82) is 0 Å². The molecule has 1 aliphatic rings. The molecule has 0 aromatic carbocycles. The molecule has 1 fully saturated rings. The Morgan fingerprint density at radius 1 is 0.833 bits per heavy atom. The second kappa shape index (κ2) is 13.9. The van der Waals surface area contributed by atoms with Crippen molar-refractivity contribution in [2.24, 2.45) is 0 Å². The molecule has 12 nitrogen and oxygen atoms in total. The summed E-state index contributed by atoms with van der Waals surface area (Å²) < 4.78 is 4.93. The fourth-order valence-corrected chi connectivity index (χ4v) is 3.46. The Balaban J connectivity index is 3.06. The quantitative estimate of drug-likeness (QED) is 0.340. The van der Waals surface area contributed by atoms with Crippen LogP contribution in [0.4, 0.5) is 0 Å². The van der Waals surface area contributed by atoms with Crippen molar-refractivity contribution in [3.05, 3.63) is 0 Å². The second-order valence-corrected chi connectivity index (χ2v) is 7.24. The Morgan fingerprint density at radius 2 is 1.27 bits per heavy atom. The fraction of sp³-hybridized carbons (Fsp3) is 0.778. The monoisotopic (exact) mass is 432 g/mol. The summed E-state index contributed by atoms with van der Waals surface area (Å²) in [6.07, 6.45) is 0.663. The molecule has 12 heteroatoms. The number of carbonyl (C=O) groups is 4. The normalized spacial score (nSPS) is 21.3. The minimum atomic E-state index is -1.000. The van der Waals surface area contributed by atoms with E-state index in [1.807, 2.05) is 11.8 Å². The van der Waals surface area contributed by atoms with Crippen LogP contribution in [0.15, 0.2) is 0 Å². The van der Waals surface area contributed by atoms with Gasteiger partial charge in [-0.2, -0.15) is 0 Å². The Kier molecular flexibility index (Phi) is 11.9. The number of carboxylic acids is 3. The van der Waals surface area contributed by atoms with Gasteiger partial charge in [0.05, 0.1) is 19.6 Å². The molecule has 3 N–H and O–H groups in total. The van der Waals surface area contributed by atoms with E-state index in [4.69, 9.17) is 9.84 Å². The van der Waals surface area contributed by atoms with Gasteiger partial charge in [0.1, 0.15) is 6.73 Å². The molecule has 0 aliphatic carbocycles. The molecule has 0 aromatic rings. The first-order valence-corrected chi connectivity index (χ1v) is 9.86. The van der Waals surface area contributed by atoms with Crippen LogP contribution < -0.4 is 0 Å². The van der Waals surface area contributed by atoms with Crippen LogP contribution in [0.25, 0.3) is 0 Å². The van der Waals surface area contributed by atoms with Crippen molar-refractivity contribution in [1.82, 2.24) is 19.6 Å². The standard InChI is InChI=1S/C18H32N4O8/c1-2-15-9-21(12-18(28)29)6-5-19(10-16(24)25)3-4-20(11-17(26)27)7-8-22(15)13-30-14-23/h14-15H,2-13H2,1H3,(H,24,25)(H,26,27)(H,28,29). The van der Waals surface area contributed by atoms with Crippen molar-refractivity contribution in [2.75, 3.05) is 72.2 Å². The van der Waals surface area contributed by atoms with Gasteiger partial charge in [0, 0.05) is 51.9 Å². The highest BCUT2D eigenvalue weighted by molar-refractivity contribution is 5.69. The number of aliphatic carboxylic acids is 3. The molecule has 1 unspecified atom stereocenters. The molecule has 30 heavy (non-hydrogen) atoms. The molecule has 0 radical (unpaired) electrons. The van der Waals surface area contributed by atoms with Gasteiger partial charge >= 0.3 is 17.9 Å². The van der Waals surface area contributed by atoms with Gasteiger partial charge in [0.15, 0.2) is 0 Å². The van der Waals surface area contributed by atoms with Crippen LogP contribution in [-0.4, -0.2) is 138 Å². The highest BCUT2D eigenvalue weighted by Crippen LogP contribution is 2.09. The summed E-state index contributed by atoms with van der Waals surface area (Å²) in [7, 11) is 0. The molecular weight excluding hydrogens is 400 g/mol. The lowest BCUT2D eigenvalue weighted by Crippen LogP contribution is -2.52. The first-order chi connectivity index (χ1) is 14.2. The Morgan fingerprint density at radius 3 is 1.70 bits per heavy atom. The zero-order valence-electron chi connectivity index (χ0n) is 17.3. The minimum absolute atomic E-state index is 0.0228. The molecular formula is C18H32N4O8. The van der Waals surface area contributed by atoms with Crippen molar-refractivity contribution in [3.8, 4) is 0 Å². The first-order valence-electron chi connectivity index (χ1n) is 9.86. The van der Waals surface area contributed by atoms with Gasteiger partial charge < -0.3 is 20.1 Å². The molecule has 0 bridgehead atoms. The number of carboxylic acid groups (broad SMARTS) is 3. The predicted molar refractivity (Wildman–Crippen MR) is 105 cm³/mol. The highest BCUT2D eigenvalue weighted by atomic mass is 16.5. The van der Waals surface area contributed by atoms with Crippen LogP contribution in [0.3, 0.4) is 0 Å². The molecule has 0 aromatic heterocycles. The molecule has 1 heterocycles. The third-order valence-corrected chi connectivity index (χ3v) is 5.01. The number of ether oxygens (including phenoxy) is 1. The van der Waals surface area contributed by atoms with Crippen LogP contribution in [0.5, 0.6) is 0 Å². The van der Waals surface area contributed by atoms with Gasteiger partial charge in [-0.3, -0.25) is 38.8 Å². The van der Waals surface area contributed by atoms with E-state index in [0.717, 1.165) is 0 Å². The highest BCUT2D eigenvalue weighted by Gasteiger charge is 2.25. The van der Waals surface area contributed by atoms with Crippen LogP contribution in [0, 0.1) is 0 Å². The third-order valence-electron chi connectivity index (χ3n) is 5.01. The second-order valence-electron chi connectivity index (χ2n) is 7.24. The molecule has 1 saturated heterocycles. The van der Waals surface area contributed by atoms with Gasteiger partial charge in [-0.15, -0.1) is 0 Å². The maximum atomic E-state index is 11.3. The molecule has 172 valence electrons. The van der Waals surface area contributed by atoms with Crippen molar-refractivity contribution in [3.63, 3.8) is 0 Å². The third kappa shape index (κ3) is 10.5. The number of rotatable bonds is 10. The Bertz CT molecular complexity index is 576. The summed E-state index contributed by atoms with van der Waals surface area (Å²) in [5.74, 6) is -2.97. The average molecular weight is 432 g/mol. The largest absolute Gasteiger partial charge is 0.480 e. The molecule has 1 aliphatic heterocycles. The summed E-state index contributed by atoms with van der Waals surface area (Å²) >= 11 is 0. The molecule has 0 amide bonds. The molecule has 1 rings (SSSR count). The molecule has 1 atom stereocenters. The zero-order valence-corrected chi connectivity index (χ0v) is 17.3. The molecule has 0 saturated carbocycles. The van der Waals surface area contributed by atoms with E-state index in [0.29, 0.717) is 58.7 Å². The van der Waals surface area contributed by atoms with Crippen LogP contribution in [0.2, 0.25) is 0 Å². The van der Waals surface area contributed by atoms with Crippen LogP contribution in [-0.2, 0) is 23.9 Å². The molecule has 0 spiro atoms. The fourth-order valence-electron chi connectivity index (χ4n) is 3.46. The van der Waals surface area contributed by atoms with Crippen molar-refractivity contribution >= 4 is 24.4 Å². The van der Waals surface area contributed by atoms with E-state index < -0.39 is 17.9 Å². The number of carbonyl (C=O) groups excluding carboxylic acids is 1. The lowest BCUT2D eigenvalue weighted by atomic mass is 10.1. The lowest BCUT2D eigenvalue weighted by molar-refractivity contribution is -0.141. The Labute approximate surface area is 175 Å². The van der Waals surface area contributed by atoms with E-state index in [9.17, 15) is 29.4 Å². The van der Waals surface area contributed by atoms with Gasteiger partial charge in [-0.05, 0) is 6.42 Å². The maximum Gasteiger partial charge on any atom is 0.317 e. The lowest BCUT2D eigenvalue weighted by Gasteiger charge is -2.37. The van der Waals surface area contributed by atoms with E-state index in [2.05, 4.69) is 0 Å². The predicted octanol–water partition coefficient (Wildman–Crippen LogP) is -1.63. The zero-order chi connectivity index (χ0) is 22.5. The topological polar surface area (TPSA) is 151 Å². The average Bonchev–Trinajstić information content (AvgIpc) is 2.65. The van der Waals surface area contributed by atoms with Crippen LogP contribution in [0.1, 0.15) is 13.3 Å². The van der Waals surface area contributed by atoms with Crippen molar-refractivity contribution < 1.29 is 39.2 Å².